The minimum atomic E-state index is -0.810. The first-order valence-corrected chi connectivity index (χ1v) is 9.61. The summed E-state index contributed by atoms with van der Waals surface area (Å²) in [5, 5.41) is 0.293. The van der Waals surface area contributed by atoms with Crippen molar-refractivity contribution in [3.63, 3.8) is 0 Å². The molecular weight excluding hydrogens is 404 g/mol. The van der Waals surface area contributed by atoms with Crippen LogP contribution in [-0.2, 0) is 14.3 Å². The first-order valence-electron chi connectivity index (χ1n) is 9.61. The van der Waals surface area contributed by atoms with E-state index in [0.717, 1.165) is 0 Å². The maximum Gasteiger partial charge on any atom is 0.346 e. The van der Waals surface area contributed by atoms with Crippen LogP contribution in [-0.4, -0.2) is 31.8 Å². The second kappa shape index (κ2) is 9.34. The van der Waals surface area contributed by atoms with Crippen molar-refractivity contribution >= 4 is 22.9 Å². The predicted molar refractivity (Wildman–Crippen MR) is 112 cm³/mol. The number of ether oxygens (including phenoxy) is 4. The van der Waals surface area contributed by atoms with E-state index in [-0.39, 0.29) is 23.5 Å². The zero-order valence-corrected chi connectivity index (χ0v) is 17.6. The van der Waals surface area contributed by atoms with E-state index in [0.29, 0.717) is 28.0 Å². The van der Waals surface area contributed by atoms with Crippen LogP contribution in [0.5, 0.6) is 17.2 Å². The summed E-state index contributed by atoms with van der Waals surface area (Å²) in [6.07, 6.45) is -0.810. The van der Waals surface area contributed by atoms with Gasteiger partial charge in [0.1, 0.15) is 22.8 Å². The van der Waals surface area contributed by atoms with E-state index in [1.165, 1.54) is 19.2 Å². The van der Waals surface area contributed by atoms with Gasteiger partial charge in [-0.25, -0.2) is 9.59 Å². The highest BCUT2D eigenvalue weighted by Gasteiger charge is 2.18. The SMILES string of the molecule is CCOC(=O)c1ccc(Oc2c(C)oc3cc(OC(C)C(=O)OC)ccc3c2=O)cc1. The van der Waals surface area contributed by atoms with E-state index in [4.69, 9.17) is 18.6 Å². The van der Waals surface area contributed by atoms with Crippen LogP contribution in [0.25, 0.3) is 11.0 Å². The number of carbonyl (C=O) groups excluding carboxylic acids is 2. The van der Waals surface area contributed by atoms with Gasteiger partial charge in [0.25, 0.3) is 0 Å². The molecule has 162 valence electrons. The molecule has 0 saturated carbocycles. The van der Waals surface area contributed by atoms with Gasteiger partial charge in [0.2, 0.25) is 11.2 Å². The quantitative estimate of drug-likeness (QED) is 0.522. The van der Waals surface area contributed by atoms with Crippen molar-refractivity contribution in [3.8, 4) is 17.2 Å². The van der Waals surface area contributed by atoms with E-state index >= 15 is 0 Å². The number of carbonyl (C=O) groups is 2. The molecule has 0 spiro atoms. The molecule has 1 aromatic heterocycles. The Labute approximate surface area is 178 Å². The second-order valence-corrected chi connectivity index (χ2v) is 6.60. The van der Waals surface area contributed by atoms with Crippen molar-refractivity contribution in [2.45, 2.75) is 26.9 Å². The summed E-state index contributed by atoms with van der Waals surface area (Å²) >= 11 is 0. The standard InChI is InChI=1S/C23H22O8/c1-5-28-23(26)15-6-8-16(9-7-15)31-21-13(2)30-19-12-17(10-11-18(19)20(21)24)29-14(3)22(25)27-4/h6-12,14H,5H2,1-4H3. The van der Waals surface area contributed by atoms with Gasteiger partial charge in [-0.1, -0.05) is 0 Å². The smallest absolute Gasteiger partial charge is 0.346 e. The summed E-state index contributed by atoms with van der Waals surface area (Å²) in [6, 6.07) is 10.9. The molecule has 0 saturated heterocycles. The van der Waals surface area contributed by atoms with Crippen LogP contribution < -0.4 is 14.9 Å². The van der Waals surface area contributed by atoms with Crippen LogP contribution in [0.4, 0.5) is 0 Å². The normalized spacial score (nSPS) is 11.6. The monoisotopic (exact) mass is 426 g/mol. The molecule has 1 unspecified atom stereocenters. The van der Waals surface area contributed by atoms with Gasteiger partial charge >= 0.3 is 11.9 Å². The van der Waals surface area contributed by atoms with Gasteiger partial charge in [-0.05, 0) is 57.2 Å². The fourth-order valence-electron chi connectivity index (χ4n) is 2.87. The Morgan fingerprint density at radius 3 is 2.39 bits per heavy atom. The fraction of sp³-hybridized carbons (Fsp3) is 0.261. The maximum absolute atomic E-state index is 12.9. The largest absolute Gasteiger partial charge is 0.479 e. The topological polar surface area (TPSA) is 101 Å². The molecule has 1 atom stereocenters. The molecule has 0 aliphatic rings. The van der Waals surface area contributed by atoms with Crippen LogP contribution >= 0.6 is 0 Å². The number of esters is 2. The third kappa shape index (κ3) is 4.85. The third-order valence-corrected chi connectivity index (χ3v) is 4.42. The van der Waals surface area contributed by atoms with E-state index in [2.05, 4.69) is 4.74 Å². The second-order valence-electron chi connectivity index (χ2n) is 6.60. The Morgan fingerprint density at radius 1 is 1.06 bits per heavy atom. The molecule has 3 aromatic rings. The molecular formula is C23H22O8. The number of fused-ring (bicyclic) bond motifs is 1. The Kier molecular flexibility index (Phi) is 6.59. The highest BCUT2D eigenvalue weighted by molar-refractivity contribution is 5.89. The molecule has 0 aliphatic carbocycles. The van der Waals surface area contributed by atoms with Crippen molar-refractivity contribution in [2.75, 3.05) is 13.7 Å². The Morgan fingerprint density at radius 2 is 1.74 bits per heavy atom. The lowest BCUT2D eigenvalue weighted by Crippen LogP contribution is -2.24. The summed E-state index contributed by atoms with van der Waals surface area (Å²) in [6.45, 7) is 5.17. The molecule has 2 aromatic carbocycles. The minimum absolute atomic E-state index is 0.0352. The molecule has 0 amide bonds. The van der Waals surface area contributed by atoms with Crippen molar-refractivity contribution in [1.29, 1.82) is 0 Å². The zero-order chi connectivity index (χ0) is 22.5. The third-order valence-electron chi connectivity index (χ3n) is 4.42. The number of hydrogen-bond donors (Lipinski definition) is 0. The van der Waals surface area contributed by atoms with Crippen LogP contribution in [0.15, 0.2) is 51.7 Å². The predicted octanol–water partition coefficient (Wildman–Crippen LogP) is 4.01. The van der Waals surface area contributed by atoms with Gasteiger partial charge in [-0.2, -0.15) is 0 Å². The van der Waals surface area contributed by atoms with Crippen molar-refractivity contribution in [1.82, 2.24) is 0 Å². The zero-order valence-electron chi connectivity index (χ0n) is 17.6. The van der Waals surface area contributed by atoms with E-state index in [1.54, 1.807) is 51.1 Å². The average Bonchev–Trinajstić information content (AvgIpc) is 2.76. The Balaban J connectivity index is 1.87. The first-order chi connectivity index (χ1) is 14.8. The van der Waals surface area contributed by atoms with Crippen LogP contribution in [0, 0.1) is 6.92 Å². The fourth-order valence-corrected chi connectivity index (χ4v) is 2.87. The lowest BCUT2D eigenvalue weighted by Gasteiger charge is -2.13. The summed E-state index contributed by atoms with van der Waals surface area (Å²) in [7, 11) is 1.27. The summed E-state index contributed by atoms with van der Waals surface area (Å²) < 4.78 is 26.6. The van der Waals surface area contributed by atoms with Crippen molar-refractivity contribution in [3.05, 3.63) is 64.0 Å². The molecule has 8 heteroatoms. The van der Waals surface area contributed by atoms with Gasteiger partial charge in [0, 0.05) is 6.07 Å². The van der Waals surface area contributed by atoms with Gasteiger partial charge in [-0.3, -0.25) is 4.79 Å². The van der Waals surface area contributed by atoms with E-state index in [1.807, 2.05) is 0 Å². The van der Waals surface area contributed by atoms with Gasteiger partial charge in [0.15, 0.2) is 6.10 Å². The highest BCUT2D eigenvalue weighted by Crippen LogP contribution is 2.28. The average molecular weight is 426 g/mol. The van der Waals surface area contributed by atoms with E-state index < -0.39 is 18.0 Å². The number of hydrogen-bond acceptors (Lipinski definition) is 8. The lowest BCUT2D eigenvalue weighted by molar-refractivity contribution is -0.147. The van der Waals surface area contributed by atoms with Crippen LogP contribution in [0.2, 0.25) is 0 Å². The minimum Gasteiger partial charge on any atom is -0.479 e. The summed E-state index contributed by atoms with van der Waals surface area (Å²) in [5.41, 5.74) is 0.313. The molecule has 0 aliphatic heterocycles. The number of methoxy groups -OCH3 is 1. The lowest BCUT2D eigenvalue weighted by atomic mass is 10.2. The molecule has 1 heterocycles. The van der Waals surface area contributed by atoms with Crippen molar-refractivity contribution < 1.29 is 33.0 Å². The number of aryl methyl sites for hydroxylation is 1. The van der Waals surface area contributed by atoms with Gasteiger partial charge < -0.3 is 23.4 Å². The van der Waals surface area contributed by atoms with Gasteiger partial charge in [-0.15, -0.1) is 0 Å². The Hall–Kier alpha value is -3.81. The summed E-state index contributed by atoms with van der Waals surface area (Å²) in [4.78, 5) is 36.2. The van der Waals surface area contributed by atoms with Gasteiger partial charge in [0.05, 0.1) is 24.7 Å². The molecule has 0 fully saturated rings. The molecule has 0 radical (unpaired) electrons. The molecule has 0 N–H and O–H groups in total. The number of benzene rings is 2. The number of rotatable bonds is 7. The van der Waals surface area contributed by atoms with Crippen molar-refractivity contribution in [2.24, 2.45) is 0 Å². The van der Waals surface area contributed by atoms with E-state index in [9.17, 15) is 14.4 Å². The molecule has 0 bridgehead atoms. The molecule has 8 nitrogen and oxygen atoms in total. The summed E-state index contributed by atoms with van der Waals surface area (Å²) in [5.74, 6) is 0.0781. The van der Waals surface area contributed by atoms with Crippen LogP contribution in [0.3, 0.4) is 0 Å². The highest BCUT2D eigenvalue weighted by atomic mass is 16.6. The first kappa shape index (κ1) is 21.9. The maximum atomic E-state index is 12.9. The molecule has 31 heavy (non-hydrogen) atoms. The molecule has 3 rings (SSSR count). The van der Waals surface area contributed by atoms with Crippen LogP contribution in [0.1, 0.15) is 30.0 Å². The Bertz CT molecular complexity index is 1160.